The standard InChI is InChI=1S/C12H18FNO/c1-4-14-8-10-7-11(13)5-6-12(10)15-9(2)3/h5-7,9,14H,4,8H2,1-3H3. The number of hydrogen-bond donors (Lipinski definition) is 1. The minimum absolute atomic E-state index is 0.107. The summed E-state index contributed by atoms with van der Waals surface area (Å²) < 4.78 is 18.6. The number of hydrogen-bond acceptors (Lipinski definition) is 2. The SMILES string of the molecule is CCNCc1cc(F)ccc1OC(C)C. The normalized spacial score (nSPS) is 10.7. The van der Waals surface area contributed by atoms with Gasteiger partial charge >= 0.3 is 0 Å². The van der Waals surface area contributed by atoms with Gasteiger partial charge in [-0.15, -0.1) is 0 Å². The molecule has 0 spiro atoms. The first kappa shape index (κ1) is 12.0. The highest BCUT2D eigenvalue weighted by molar-refractivity contribution is 5.34. The monoisotopic (exact) mass is 211 g/mol. The quantitative estimate of drug-likeness (QED) is 0.808. The van der Waals surface area contributed by atoms with Crippen LogP contribution in [-0.2, 0) is 6.54 Å². The van der Waals surface area contributed by atoms with E-state index in [1.165, 1.54) is 12.1 Å². The van der Waals surface area contributed by atoms with E-state index >= 15 is 0 Å². The third kappa shape index (κ3) is 3.88. The molecule has 0 bridgehead atoms. The first-order valence-electron chi connectivity index (χ1n) is 5.29. The predicted octanol–water partition coefficient (Wildman–Crippen LogP) is 2.72. The first-order valence-corrected chi connectivity index (χ1v) is 5.29. The van der Waals surface area contributed by atoms with Crippen LogP contribution in [-0.4, -0.2) is 12.6 Å². The number of rotatable bonds is 5. The van der Waals surface area contributed by atoms with Crippen LogP contribution >= 0.6 is 0 Å². The molecule has 0 unspecified atom stereocenters. The third-order valence-electron chi connectivity index (χ3n) is 1.95. The van der Waals surface area contributed by atoms with Crippen molar-refractivity contribution in [2.75, 3.05) is 6.54 Å². The maximum atomic E-state index is 13.0. The summed E-state index contributed by atoms with van der Waals surface area (Å²) in [5.41, 5.74) is 0.866. The van der Waals surface area contributed by atoms with E-state index in [0.29, 0.717) is 6.54 Å². The third-order valence-corrected chi connectivity index (χ3v) is 1.95. The molecule has 0 heterocycles. The van der Waals surface area contributed by atoms with Gasteiger partial charge in [0.1, 0.15) is 11.6 Å². The molecule has 15 heavy (non-hydrogen) atoms. The molecule has 0 fully saturated rings. The summed E-state index contributed by atoms with van der Waals surface area (Å²) >= 11 is 0. The summed E-state index contributed by atoms with van der Waals surface area (Å²) in [6.07, 6.45) is 0.107. The smallest absolute Gasteiger partial charge is 0.124 e. The van der Waals surface area contributed by atoms with Gasteiger partial charge in [-0.1, -0.05) is 6.92 Å². The van der Waals surface area contributed by atoms with Crippen LogP contribution in [0.1, 0.15) is 26.3 Å². The van der Waals surface area contributed by atoms with Crippen LogP contribution in [0.3, 0.4) is 0 Å². The summed E-state index contributed by atoms with van der Waals surface area (Å²) in [4.78, 5) is 0. The zero-order valence-corrected chi connectivity index (χ0v) is 9.51. The van der Waals surface area contributed by atoms with Crippen LogP contribution in [0.25, 0.3) is 0 Å². The molecule has 1 aromatic carbocycles. The molecule has 84 valence electrons. The Hall–Kier alpha value is -1.09. The average molecular weight is 211 g/mol. The van der Waals surface area contributed by atoms with Crippen molar-refractivity contribution in [2.24, 2.45) is 0 Å². The Morgan fingerprint density at radius 3 is 2.73 bits per heavy atom. The van der Waals surface area contributed by atoms with Crippen molar-refractivity contribution in [3.05, 3.63) is 29.6 Å². The lowest BCUT2D eigenvalue weighted by atomic mass is 10.2. The van der Waals surface area contributed by atoms with Crippen molar-refractivity contribution in [3.63, 3.8) is 0 Å². The van der Waals surface area contributed by atoms with Gasteiger partial charge in [-0.2, -0.15) is 0 Å². The Bertz CT molecular complexity index is 312. The second-order valence-corrected chi connectivity index (χ2v) is 3.70. The van der Waals surface area contributed by atoms with Crippen LogP contribution in [0.15, 0.2) is 18.2 Å². The lowest BCUT2D eigenvalue weighted by molar-refractivity contribution is 0.239. The molecular formula is C12H18FNO. The summed E-state index contributed by atoms with van der Waals surface area (Å²) in [6.45, 7) is 7.43. The van der Waals surface area contributed by atoms with Crippen molar-refractivity contribution in [1.29, 1.82) is 0 Å². The molecule has 0 saturated heterocycles. The fourth-order valence-electron chi connectivity index (χ4n) is 1.31. The molecule has 0 atom stereocenters. The van der Waals surface area contributed by atoms with Gasteiger partial charge in [0.15, 0.2) is 0 Å². The Morgan fingerprint density at radius 2 is 2.13 bits per heavy atom. The highest BCUT2D eigenvalue weighted by Crippen LogP contribution is 2.20. The van der Waals surface area contributed by atoms with Crippen LogP contribution in [0, 0.1) is 5.82 Å². The molecule has 1 rings (SSSR count). The largest absolute Gasteiger partial charge is 0.491 e. The minimum atomic E-state index is -0.223. The van der Waals surface area contributed by atoms with Crippen LogP contribution in [0.2, 0.25) is 0 Å². The predicted molar refractivity (Wildman–Crippen MR) is 59.5 cm³/mol. The fourth-order valence-corrected chi connectivity index (χ4v) is 1.31. The zero-order valence-electron chi connectivity index (χ0n) is 9.51. The van der Waals surface area contributed by atoms with E-state index in [4.69, 9.17) is 4.74 Å². The van der Waals surface area contributed by atoms with Gasteiger partial charge in [0.2, 0.25) is 0 Å². The van der Waals surface area contributed by atoms with E-state index in [1.807, 2.05) is 20.8 Å². The summed E-state index contributed by atoms with van der Waals surface area (Å²) in [5.74, 6) is 0.534. The summed E-state index contributed by atoms with van der Waals surface area (Å²) in [7, 11) is 0. The Balaban J connectivity index is 2.82. The zero-order chi connectivity index (χ0) is 11.3. The number of nitrogens with one attached hydrogen (secondary N) is 1. The summed E-state index contributed by atoms with van der Waals surface area (Å²) in [5, 5.41) is 3.16. The second-order valence-electron chi connectivity index (χ2n) is 3.70. The molecule has 1 N–H and O–H groups in total. The van der Waals surface area contributed by atoms with Crippen molar-refractivity contribution in [3.8, 4) is 5.75 Å². The average Bonchev–Trinajstić information content (AvgIpc) is 2.18. The molecular weight excluding hydrogens is 193 g/mol. The molecule has 0 amide bonds. The van der Waals surface area contributed by atoms with E-state index in [1.54, 1.807) is 6.07 Å². The molecule has 0 aliphatic heterocycles. The van der Waals surface area contributed by atoms with E-state index in [9.17, 15) is 4.39 Å². The lowest BCUT2D eigenvalue weighted by Gasteiger charge is -2.14. The van der Waals surface area contributed by atoms with Gasteiger partial charge in [-0.05, 0) is 38.6 Å². The van der Waals surface area contributed by atoms with Gasteiger partial charge < -0.3 is 10.1 Å². The van der Waals surface area contributed by atoms with Crippen molar-refractivity contribution in [1.82, 2.24) is 5.32 Å². The van der Waals surface area contributed by atoms with Crippen LogP contribution in [0.4, 0.5) is 4.39 Å². The number of benzene rings is 1. The van der Waals surface area contributed by atoms with Gasteiger partial charge in [0.05, 0.1) is 6.10 Å². The number of ether oxygens (including phenoxy) is 1. The van der Waals surface area contributed by atoms with Crippen molar-refractivity contribution < 1.29 is 9.13 Å². The first-order chi connectivity index (χ1) is 7.13. The van der Waals surface area contributed by atoms with Crippen LogP contribution < -0.4 is 10.1 Å². The molecule has 3 heteroatoms. The lowest BCUT2D eigenvalue weighted by Crippen LogP contribution is -2.14. The molecule has 0 aliphatic rings. The van der Waals surface area contributed by atoms with Gasteiger partial charge in [-0.25, -0.2) is 4.39 Å². The molecule has 1 aromatic rings. The van der Waals surface area contributed by atoms with E-state index in [-0.39, 0.29) is 11.9 Å². The highest BCUT2D eigenvalue weighted by Gasteiger charge is 2.06. The summed E-state index contributed by atoms with van der Waals surface area (Å²) in [6, 6.07) is 4.62. The van der Waals surface area contributed by atoms with Crippen molar-refractivity contribution in [2.45, 2.75) is 33.4 Å². The Kier molecular flexibility index (Phi) is 4.56. The number of halogens is 1. The topological polar surface area (TPSA) is 21.3 Å². The molecule has 0 radical (unpaired) electrons. The van der Waals surface area contributed by atoms with E-state index < -0.39 is 0 Å². The van der Waals surface area contributed by atoms with Gasteiger partial charge in [0, 0.05) is 12.1 Å². The van der Waals surface area contributed by atoms with Gasteiger partial charge in [0.25, 0.3) is 0 Å². The van der Waals surface area contributed by atoms with Gasteiger partial charge in [-0.3, -0.25) is 0 Å². The molecule has 0 aliphatic carbocycles. The fraction of sp³-hybridized carbons (Fsp3) is 0.500. The second kappa shape index (κ2) is 5.71. The van der Waals surface area contributed by atoms with Crippen molar-refractivity contribution >= 4 is 0 Å². The van der Waals surface area contributed by atoms with E-state index in [2.05, 4.69) is 5.32 Å². The maximum absolute atomic E-state index is 13.0. The maximum Gasteiger partial charge on any atom is 0.124 e. The Morgan fingerprint density at radius 1 is 1.40 bits per heavy atom. The molecule has 0 aromatic heterocycles. The van der Waals surface area contributed by atoms with Crippen LogP contribution in [0.5, 0.6) is 5.75 Å². The molecule has 0 saturated carbocycles. The highest BCUT2D eigenvalue weighted by atomic mass is 19.1. The Labute approximate surface area is 90.4 Å². The van der Waals surface area contributed by atoms with E-state index in [0.717, 1.165) is 17.9 Å². The minimum Gasteiger partial charge on any atom is -0.491 e. The molecule has 2 nitrogen and oxygen atoms in total.